The Morgan fingerprint density at radius 2 is 1.56 bits per heavy atom. The van der Waals surface area contributed by atoms with Crippen LogP contribution in [0.5, 0.6) is 0 Å². The first-order chi connectivity index (χ1) is 16.6. The highest BCUT2D eigenvalue weighted by Crippen LogP contribution is 2.35. The van der Waals surface area contributed by atoms with E-state index in [9.17, 15) is 9.59 Å². The molecule has 1 N–H and O–H groups in total. The highest BCUT2D eigenvalue weighted by molar-refractivity contribution is 8.16. The lowest BCUT2D eigenvalue weighted by Crippen LogP contribution is -2.33. The fraction of sp³-hybridized carbons (Fsp3) is 0.222. The molecule has 1 atom stereocenters. The molecule has 1 aliphatic heterocycles. The maximum absolute atomic E-state index is 13.3. The fourth-order valence-electron chi connectivity index (χ4n) is 3.83. The van der Waals surface area contributed by atoms with Crippen molar-refractivity contribution in [2.75, 3.05) is 28.2 Å². The van der Waals surface area contributed by atoms with Crippen LogP contribution in [0.25, 0.3) is 0 Å². The van der Waals surface area contributed by atoms with Gasteiger partial charge in [-0.2, -0.15) is 0 Å². The number of nitrogens with one attached hydrogen (secondary N) is 1. The molecule has 7 heteroatoms. The summed E-state index contributed by atoms with van der Waals surface area (Å²) in [5, 5.41) is 2.96. The number of amidine groups is 1. The first kappa shape index (κ1) is 23.6. The normalized spacial score (nSPS) is 16.6. The summed E-state index contributed by atoms with van der Waals surface area (Å²) < 4.78 is 0. The number of carbonyl (C=O) groups is 2. The van der Waals surface area contributed by atoms with Crippen molar-refractivity contribution >= 4 is 51.5 Å². The number of anilines is 3. The van der Waals surface area contributed by atoms with Gasteiger partial charge in [-0.1, -0.05) is 48.2 Å². The van der Waals surface area contributed by atoms with Gasteiger partial charge in [-0.3, -0.25) is 14.5 Å². The summed E-state index contributed by atoms with van der Waals surface area (Å²) in [5.41, 5.74) is 3.33. The minimum absolute atomic E-state index is 0.0679. The molecule has 0 aliphatic carbocycles. The highest BCUT2D eigenvalue weighted by atomic mass is 32.2. The molecule has 1 heterocycles. The first-order valence-corrected chi connectivity index (χ1v) is 12.3. The molecule has 4 rings (SSSR count). The highest BCUT2D eigenvalue weighted by Gasteiger charge is 2.40. The van der Waals surface area contributed by atoms with Gasteiger partial charge in [-0.25, -0.2) is 4.99 Å². The maximum Gasteiger partial charge on any atom is 0.247 e. The largest absolute Gasteiger partial charge is 0.372 e. The van der Waals surface area contributed by atoms with Gasteiger partial charge in [-0.15, -0.1) is 0 Å². The summed E-state index contributed by atoms with van der Waals surface area (Å²) in [4.78, 5) is 34.7. The van der Waals surface area contributed by atoms with E-state index in [-0.39, 0.29) is 18.2 Å². The van der Waals surface area contributed by atoms with Gasteiger partial charge in [0, 0.05) is 30.9 Å². The van der Waals surface area contributed by atoms with Crippen molar-refractivity contribution in [2.24, 2.45) is 4.99 Å². The third-order valence-corrected chi connectivity index (χ3v) is 6.72. The SMILES string of the molecule is CCN(CC)c1ccc(NC(=O)CC2SC(=Nc3ccccc3)N(c3ccccc3)C2=O)cc1. The zero-order valence-electron chi connectivity index (χ0n) is 19.3. The van der Waals surface area contributed by atoms with Crippen LogP contribution >= 0.6 is 11.8 Å². The topological polar surface area (TPSA) is 65.0 Å². The molecule has 34 heavy (non-hydrogen) atoms. The summed E-state index contributed by atoms with van der Waals surface area (Å²) in [5.74, 6) is -0.340. The van der Waals surface area contributed by atoms with Gasteiger partial charge in [0.15, 0.2) is 5.17 Å². The number of benzene rings is 3. The number of aliphatic imine (C=N–C) groups is 1. The number of amides is 2. The predicted molar refractivity (Wildman–Crippen MR) is 142 cm³/mol. The number of hydrogen-bond donors (Lipinski definition) is 1. The molecule has 3 aromatic carbocycles. The Balaban J connectivity index is 1.49. The molecule has 3 aromatic rings. The summed E-state index contributed by atoms with van der Waals surface area (Å²) >= 11 is 1.33. The van der Waals surface area contributed by atoms with Gasteiger partial charge in [0.1, 0.15) is 5.25 Å². The van der Waals surface area contributed by atoms with Gasteiger partial charge in [0.25, 0.3) is 0 Å². The van der Waals surface area contributed by atoms with Crippen molar-refractivity contribution in [2.45, 2.75) is 25.5 Å². The molecular formula is C27H28N4O2S. The molecule has 1 unspecified atom stereocenters. The third-order valence-electron chi connectivity index (χ3n) is 5.58. The van der Waals surface area contributed by atoms with E-state index in [0.29, 0.717) is 5.17 Å². The molecule has 2 amide bonds. The van der Waals surface area contributed by atoms with Gasteiger partial charge < -0.3 is 10.2 Å². The number of carbonyl (C=O) groups excluding carboxylic acids is 2. The standard InChI is InChI=1S/C27H28N4O2S/c1-3-30(4-2)22-17-15-21(16-18-22)28-25(32)19-24-26(33)31(23-13-9-6-10-14-23)27(34-24)29-20-11-7-5-8-12-20/h5-18,24H,3-4,19H2,1-2H3,(H,28,32). The summed E-state index contributed by atoms with van der Waals surface area (Å²) in [6, 6.07) is 26.7. The van der Waals surface area contributed by atoms with Gasteiger partial charge in [-0.05, 0) is 62.4 Å². The van der Waals surface area contributed by atoms with Crippen molar-refractivity contribution in [3.05, 3.63) is 84.9 Å². The van der Waals surface area contributed by atoms with Crippen LogP contribution in [-0.4, -0.2) is 35.3 Å². The molecule has 1 fully saturated rings. The molecule has 0 aromatic heterocycles. The fourth-order valence-corrected chi connectivity index (χ4v) is 4.98. The predicted octanol–water partition coefficient (Wildman–Crippen LogP) is 5.70. The monoisotopic (exact) mass is 472 g/mol. The smallest absolute Gasteiger partial charge is 0.247 e. The van der Waals surface area contributed by atoms with E-state index in [4.69, 9.17) is 4.99 Å². The van der Waals surface area contributed by atoms with Gasteiger partial charge >= 0.3 is 0 Å². The molecule has 1 saturated heterocycles. The van der Waals surface area contributed by atoms with Crippen molar-refractivity contribution < 1.29 is 9.59 Å². The molecule has 0 bridgehead atoms. The number of rotatable bonds is 8. The van der Waals surface area contributed by atoms with Gasteiger partial charge in [0.2, 0.25) is 11.8 Å². The number of thioether (sulfide) groups is 1. The second kappa shape index (κ2) is 11.0. The van der Waals surface area contributed by atoms with E-state index in [2.05, 4.69) is 24.1 Å². The van der Waals surface area contributed by atoms with Crippen molar-refractivity contribution in [1.29, 1.82) is 0 Å². The Kier molecular flexibility index (Phi) is 7.65. The summed E-state index contributed by atoms with van der Waals surface area (Å²) in [6.45, 7) is 6.08. The molecule has 1 aliphatic rings. The third kappa shape index (κ3) is 5.48. The van der Waals surface area contributed by atoms with Crippen molar-refractivity contribution in [1.82, 2.24) is 0 Å². The van der Waals surface area contributed by atoms with Crippen LogP contribution in [-0.2, 0) is 9.59 Å². The zero-order chi connectivity index (χ0) is 23.9. The number of para-hydroxylation sites is 2. The van der Waals surface area contributed by atoms with Crippen LogP contribution in [0.4, 0.5) is 22.7 Å². The van der Waals surface area contributed by atoms with E-state index in [1.807, 2.05) is 84.9 Å². The first-order valence-electron chi connectivity index (χ1n) is 11.4. The maximum atomic E-state index is 13.3. The van der Waals surface area contributed by atoms with Crippen LogP contribution in [0.1, 0.15) is 20.3 Å². The Labute approximate surface area is 204 Å². The average Bonchev–Trinajstić information content (AvgIpc) is 3.16. The van der Waals surface area contributed by atoms with Crippen LogP contribution in [0, 0.1) is 0 Å². The summed E-state index contributed by atoms with van der Waals surface area (Å²) in [6.07, 6.45) is 0.0679. The summed E-state index contributed by atoms with van der Waals surface area (Å²) in [7, 11) is 0. The Morgan fingerprint density at radius 1 is 0.941 bits per heavy atom. The minimum atomic E-state index is -0.544. The minimum Gasteiger partial charge on any atom is -0.372 e. The van der Waals surface area contributed by atoms with Crippen LogP contribution in [0.15, 0.2) is 89.9 Å². The Hall–Kier alpha value is -3.58. The number of hydrogen-bond acceptors (Lipinski definition) is 5. The van der Waals surface area contributed by atoms with E-state index >= 15 is 0 Å². The molecule has 6 nitrogen and oxygen atoms in total. The molecular weight excluding hydrogens is 444 g/mol. The zero-order valence-corrected chi connectivity index (χ0v) is 20.2. The lowest BCUT2D eigenvalue weighted by Gasteiger charge is -2.21. The van der Waals surface area contributed by atoms with Crippen LogP contribution in [0.2, 0.25) is 0 Å². The number of nitrogens with zero attached hydrogens (tertiary/aromatic N) is 3. The quantitative estimate of drug-likeness (QED) is 0.457. The van der Waals surface area contributed by atoms with Crippen LogP contribution in [0.3, 0.4) is 0 Å². The Bertz CT molecular complexity index is 1150. The van der Waals surface area contributed by atoms with Gasteiger partial charge in [0.05, 0.1) is 11.4 Å². The van der Waals surface area contributed by atoms with E-state index in [0.717, 1.165) is 35.8 Å². The van der Waals surface area contributed by atoms with E-state index in [1.54, 1.807) is 4.90 Å². The Morgan fingerprint density at radius 3 is 2.18 bits per heavy atom. The van der Waals surface area contributed by atoms with E-state index in [1.165, 1.54) is 11.8 Å². The lowest BCUT2D eigenvalue weighted by atomic mass is 10.2. The van der Waals surface area contributed by atoms with E-state index < -0.39 is 5.25 Å². The second-order valence-electron chi connectivity index (χ2n) is 7.82. The lowest BCUT2D eigenvalue weighted by molar-refractivity contribution is -0.121. The van der Waals surface area contributed by atoms with Crippen molar-refractivity contribution in [3.63, 3.8) is 0 Å². The molecule has 0 spiro atoms. The molecule has 174 valence electrons. The molecule has 0 saturated carbocycles. The average molecular weight is 473 g/mol. The van der Waals surface area contributed by atoms with Crippen molar-refractivity contribution in [3.8, 4) is 0 Å². The van der Waals surface area contributed by atoms with Crippen LogP contribution < -0.4 is 15.1 Å². The molecule has 0 radical (unpaired) electrons. The second-order valence-corrected chi connectivity index (χ2v) is 8.99.